The van der Waals surface area contributed by atoms with Crippen molar-refractivity contribution in [1.29, 1.82) is 0 Å². The van der Waals surface area contributed by atoms with Crippen LogP contribution in [0.15, 0.2) is 35.5 Å². The first-order chi connectivity index (χ1) is 6.86. The van der Waals surface area contributed by atoms with E-state index in [1.54, 1.807) is 11.1 Å². The molecule has 74 valence electrons. The van der Waals surface area contributed by atoms with Crippen LogP contribution in [0, 0.1) is 5.92 Å². The SMILES string of the molecule is CC1CCCC2SC3C=CC=CC3=C12. The molecule has 0 radical (unpaired) electrons. The monoisotopic (exact) mass is 204 g/mol. The third-order valence-electron chi connectivity index (χ3n) is 3.60. The number of hydrogen-bond acceptors (Lipinski definition) is 1. The van der Waals surface area contributed by atoms with E-state index >= 15 is 0 Å². The number of fused-ring (bicyclic) bond motifs is 2. The van der Waals surface area contributed by atoms with Gasteiger partial charge in [0.25, 0.3) is 0 Å². The summed E-state index contributed by atoms with van der Waals surface area (Å²) in [7, 11) is 0. The molecular weight excluding hydrogens is 188 g/mol. The first-order valence-electron chi connectivity index (χ1n) is 5.60. The van der Waals surface area contributed by atoms with E-state index < -0.39 is 0 Å². The number of thioether (sulfide) groups is 1. The summed E-state index contributed by atoms with van der Waals surface area (Å²) in [5.74, 6) is 0.831. The first-order valence-corrected chi connectivity index (χ1v) is 6.55. The van der Waals surface area contributed by atoms with Crippen LogP contribution in [-0.2, 0) is 0 Å². The Balaban J connectivity index is 2.03. The van der Waals surface area contributed by atoms with Crippen LogP contribution in [-0.4, -0.2) is 10.5 Å². The minimum Gasteiger partial charge on any atom is -0.142 e. The van der Waals surface area contributed by atoms with Crippen molar-refractivity contribution in [3.05, 3.63) is 35.5 Å². The molecule has 0 saturated heterocycles. The van der Waals surface area contributed by atoms with Gasteiger partial charge < -0.3 is 0 Å². The van der Waals surface area contributed by atoms with Gasteiger partial charge in [0.1, 0.15) is 0 Å². The molecule has 0 aromatic heterocycles. The van der Waals surface area contributed by atoms with Gasteiger partial charge in [0.05, 0.1) is 0 Å². The van der Waals surface area contributed by atoms with Gasteiger partial charge in [0.15, 0.2) is 0 Å². The predicted octanol–water partition coefficient (Wildman–Crippen LogP) is 3.71. The third-order valence-corrected chi connectivity index (χ3v) is 5.13. The average molecular weight is 204 g/mol. The van der Waals surface area contributed by atoms with Gasteiger partial charge in [-0.15, -0.1) is 11.8 Å². The molecule has 1 heteroatoms. The third kappa shape index (κ3) is 1.22. The zero-order chi connectivity index (χ0) is 9.54. The molecule has 0 aromatic rings. The molecule has 0 amide bonds. The second kappa shape index (κ2) is 3.30. The molecule has 0 aromatic carbocycles. The second-order valence-electron chi connectivity index (χ2n) is 4.53. The molecule has 2 aliphatic carbocycles. The van der Waals surface area contributed by atoms with Gasteiger partial charge in [0, 0.05) is 10.5 Å². The van der Waals surface area contributed by atoms with E-state index in [0.29, 0.717) is 5.25 Å². The van der Waals surface area contributed by atoms with Gasteiger partial charge >= 0.3 is 0 Å². The molecule has 3 rings (SSSR count). The van der Waals surface area contributed by atoms with Crippen LogP contribution in [0.3, 0.4) is 0 Å². The molecule has 1 heterocycles. The van der Waals surface area contributed by atoms with Gasteiger partial charge in [-0.25, -0.2) is 0 Å². The van der Waals surface area contributed by atoms with Crippen LogP contribution in [0.4, 0.5) is 0 Å². The molecule has 1 saturated carbocycles. The predicted molar refractivity (Wildman–Crippen MR) is 63.5 cm³/mol. The molecule has 0 bridgehead atoms. The van der Waals surface area contributed by atoms with Crippen molar-refractivity contribution in [2.45, 2.75) is 36.7 Å². The van der Waals surface area contributed by atoms with Crippen molar-refractivity contribution in [3.63, 3.8) is 0 Å². The zero-order valence-electron chi connectivity index (χ0n) is 8.57. The minimum absolute atomic E-state index is 0.681. The Morgan fingerprint density at radius 3 is 3.14 bits per heavy atom. The van der Waals surface area contributed by atoms with Crippen LogP contribution in [0.25, 0.3) is 0 Å². The fraction of sp³-hybridized carbons (Fsp3) is 0.538. The Hall–Kier alpha value is -0.430. The molecule has 3 atom stereocenters. The second-order valence-corrected chi connectivity index (χ2v) is 5.88. The van der Waals surface area contributed by atoms with Crippen molar-refractivity contribution in [1.82, 2.24) is 0 Å². The van der Waals surface area contributed by atoms with Crippen molar-refractivity contribution >= 4 is 11.8 Å². The normalized spacial score (nSPS) is 39.9. The fourth-order valence-corrected chi connectivity index (χ4v) is 4.64. The maximum atomic E-state index is 2.41. The van der Waals surface area contributed by atoms with Crippen molar-refractivity contribution in [3.8, 4) is 0 Å². The summed E-state index contributed by atoms with van der Waals surface area (Å²) in [4.78, 5) is 0. The van der Waals surface area contributed by atoms with E-state index in [1.165, 1.54) is 19.3 Å². The van der Waals surface area contributed by atoms with Crippen molar-refractivity contribution in [2.75, 3.05) is 0 Å². The Bertz CT molecular complexity index is 335. The molecule has 14 heavy (non-hydrogen) atoms. The lowest BCUT2D eigenvalue weighted by molar-refractivity contribution is 0.491. The summed E-state index contributed by atoms with van der Waals surface area (Å²) in [6.45, 7) is 2.41. The zero-order valence-corrected chi connectivity index (χ0v) is 9.39. The Labute approximate surface area is 90.2 Å². The highest BCUT2D eigenvalue weighted by atomic mass is 32.2. The summed E-state index contributed by atoms with van der Waals surface area (Å²) in [6.07, 6.45) is 13.3. The van der Waals surface area contributed by atoms with Crippen LogP contribution >= 0.6 is 11.8 Å². The van der Waals surface area contributed by atoms with Crippen LogP contribution in [0.2, 0.25) is 0 Å². The van der Waals surface area contributed by atoms with Gasteiger partial charge in [0.2, 0.25) is 0 Å². The van der Waals surface area contributed by atoms with E-state index in [-0.39, 0.29) is 0 Å². The molecule has 0 N–H and O–H groups in total. The molecule has 3 unspecified atom stereocenters. The lowest BCUT2D eigenvalue weighted by Crippen LogP contribution is -2.17. The average Bonchev–Trinajstić information content (AvgIpc) is 2.57. The highest BCUT2D eigenvalue weighted by molar-refractivity contribution is 8.01. The minimum atomic E-state index is 0.681. The van der Waals surface area contributed by atoms with E-state index in [0.717, 1.165) is 11.2 Å². The maximum Gasteiger partial charge on any atom is 0.0486 e. The Kier molecular flexibility index (Phi) is 2.09. The van der Waals surface area contributed by atoms with E-state index in [4.69, 9.17) is 0 Å². The van der Waals surface area contributed by atoms with E-state index in [1.807, 2.05) is 0 Å². The summed E-state index contributed by atoms with van der Waals surface area (Å²) < 4.78 is 0. The topological polar surface area (TPSA) is 0 Å². The molecule has 3 aliphatic rings. The quantitative estimate of drug-likeness (QED) is 0.579. The van der Waals surface area contributed by atoms with Crippen LogP contribution in [0.1, 0.15) is 26.2 Å². The molecular formula is C13H16S. The van der Waals surface area contributed by atoms with Crippen LogP contribution in [0.5, 0.6) is 0 Å². The van der Waals surface area contributed by atoms with E-state index in [2.05, 4.69) is 43.0 Å². The molecule has 1 aliphatic heterocycles. The maximum absolute atomic E-state index is 2.41. The van der Waals surface area contributed by atoms with Crippen molar-refractivity contribution < 1.29 is 0 Å². The highest BCUT2D eigenvalue weighted by Crippen LogP contribution is 2.49. The van der Waals surface area contributed by atoms with Gasteiger partial charge in [-0.2, -0.15) is 0 Å². The number of rotatable bonds is 0. The highest BCUT2D eigenvalue weighted by Gasteiger charge is 2.36. The Morgan fingerprint density at radius 1 is 1.29 bits per heavy atom. The van der Waals surface area contributed by atoms with Crippen molar-refractivity contribution in [2.24, 2.45) is 5.92 Å². The van der Waals surface area contributed by atoms with Gasteiger partial charge in [-0.05, 0) is 29.9 Å². The molecule has 1 fully saturated rings. The Morgan fingerprint density at radius 2 is 2.21 bits per heavy atom. The summed E-state index contributed by atoms with van der Waals surface area (Å²) in [6, 6.07) is 0. The summed E-state index contributed by atoms with van der Waals surface area (Å²) >= 11 is 2.17. The number of allylic oxidation sites excluding steroid dienone is 3. The standard InChI is InChI=1S/C13H16S/c1-9-5-4-8-12-13(9)10-6-2-3-7-11(10)14-12/h2-3,6-7,9,11-12H,4-5,8H2,1H3. The van der Waals surface area contributed by atoms with Crippen LogP contribution < -0.4 is 0 Å². The van der Waals surface area contributed by atoms with Gasteiger partial charge in [-0.3, -0.25) is 0 Å². The fourth-order valence-electron chi connectivity index (χ4n) is 2.93. The van der Waals surface area contributed by atoms with E-state index in [9.17, 15) is 0 Å². The summed E-state index contributed by atoms with van der Waals surface area (Å²) in [5, 5.41) is 1.52. The lowest BCUT2D eigenvalue weighted by atomic mass is 9.81. The summed E-state index contributed by atoms with van der Waals surface area (Å²) in [5.41, 5.74) is 3.40. The smallest absolute Gasteiger partial charge is 0.0486 e. The first kappa shape index (κ1) is 8.84. The van der Waals surface area contributed by atoms with Gasteiger partial charge in [-0.1, -0.05) is 37.6 Å². The largest absolute Gasteiger partial charge is 0.142 e. The lowest BCUT2D eigenvalue weighted by Gasteiger charge is -2.26. The molecule has 0 spiro atoms. The molecule has 0 nitrogen and oxygen atoms in total. The number of hydrogen-bond donors (Lipinski definition) is 0.